The summed E-state index contributed by atoms with van der Waals surface area (Å²) in [6.45, 7) is 1.99. The number of aromatic nitrogens is 1. The number of rotatable bonds is 2. The SMILES string of the molecule is Cc1cccc(-c2nsc(C(N)=O)c2N)c1. The Morgan fingerprint density at radius 1 is 1.44 bits per heavy atom. The summed E-state index contributed by atoms with van der Waals surface area (Å²) in [5.74, 6) is -0.533. The highest BCUT2D eigenvalue weighted by Crippen LogP contribution is 2.30. The molecule has 1 heterocycles. The lowest BCUT2D eigenvalue weighted by Gasteiger charge is -2.00. The molecular weight excluding hydrogens is 222 g/mol. The number of amides is 1. The minimum absolute atomic E-state index is 0.316. The van der Waals surface area contributed by atoms with Crippen molar-refractivity contribution in [1.29, 1.82) is 0 Å². The number of nitrogens with two attached hydrogens (primary N) is 2. The zero-order valence-corrected chi connectivity index (χ0v) is 9.54. The Kier molecular flexibility index (Phi) is 2.62. The molecule has 16 heavy (non-hydrogen) atoms. The number of hydrogen-bond acceptors (Lipinski definition) is 4. The van der Waals surface area contributed by atoms with Crippen molar-refractivity contribution < 1.29 is 4.79 Å². The first-order valence-corrected chi connectivity index (χ1v) is 5.49. The molecule has 4 N–H and O–H groups in total. The second kappa shape index (κ2) is 3.94. The van der Waals surface area contributed by atoms with Crippen molar-refractivity contribution in [1.82, 2.24) is 4.37 Å². The molecule has 5 heteroatoms. The van der Waals surface area contributed by atoms with Gasteiger partial charge >= 0.3 is 0 Å². The zero-order valence-electron chi connectivity index (χ0n) is 8.73. The van der Waals surface area contributed by atoms with E-state index in [-0.39, 0.29) is 0 Å². The Hall–Kier alpha value is -1.88. The summed E-state index contributed by atoms with van der Waals surface area (Å²) in [6.07, 6.45) is 0. The zero-order chi connectivity index (χ0) is 11.7. The van der Waals surface area contributed by atoms with Gasteiger partial charge in [-0.2, -0.15) is 4.37 Å². The van der Waals surface area contributed by atoms with Gasteiger partial charge in [0.1, 0.15) is 10.6 Å². The van der Waals surface area contributed by atoms with Crippen molar-refractivity contribution in [2.75, 3.05) is 5.73 Å². The Morgan fingerprint density at radius 3 is 2.75 bits per heavy atom. The summed E-state index contributed by atoms with van der Waals surface area (Å²) in [5, 5.41) is 0. The Labute approximate surface area is 97.1 Å². The predicted octanol–water partition coefficient (Wildman–Crippen LogP) is 1.80. The summed E-state index contributed by atoms with van der Waals surface area (Å²) >= 11 is 1.04. The molecule has 0 spiro atoms. The lowest BCUT2D eigenvalue weighted by molar-refractivity contribution is 0.100. The third-order valence-corrected chi connectivity index (χ3v) is 3.12. The Balaban J connectivity index is 2.53. The molecule has 0 atom stereocenters. The van der Waals surface area contributed by atoms with E-state index in [1.165, 1.54) is 0 Å². The number of primary amides is 1. The maximum absolute atomic E-state index is 11.0. The third-order valence-electron chi connectivity index (χ3n) is 2.24. The van der Waals surface area contributed by atoms with E-state index in [0.717, 1.165) is 22.7 Å². The molecule has 4 nitrogen and oxygen atoms in total. The van der Waals surface area contributed by atoms with Gasteiger partial charge in [0.15, 0.2) is 0 Å². The van der Waals surface area contributed by atoms with Crippen molar-refractivity contribution in [3.05, 3.63) is 34.7 Å². The number of carbonyl (C=O) groups excluding carboxylic acids is 1. The topological polar surface area (TPSA) is 82.0 Å². The number of nitrogen functional groups attached to an aromatic ring is 1. The van der Waals surface area contributed by atoms with E-state index in [1.807, 2.05) is 31.2 Å². The molecule has 0 unspecified atom stereocenters. The number of nitrogens with zero attached hydrogens (tertiary/aromatic N) is 1. The van der Waals surface area contributed by atoms with Crippen molar-refractivity contribution in [2.24, 2.45) is 5.73 Å². The molecule has 0 saturated carbocycles. The van der Waals surface area contributed by atoms with Gasteiger partial charge in [-0.15, -0.1) is 0 Å². The quantitative estimate of drug-likeness (QED) is 0.829. The van der Waals surface area contributed by atoms with Crippen LogP contribution in [0.15, 0.2) is 24.3 Å². The van der Waals surface area contributed by atoms with E-state index in [9.17, 15) is 4.79 Å². The molecule has 1 aromatic heterocycles. The van der Waals surface area contributed by atoms with Crippen LogP contribution in [0.1, 0.15) is 15.2 Å². The van der Waals surface area contributed by atoms with Crippen LogP contribution in [0.25, 0.3) is 11.3 Å². The first-order chi connectivity index (χ1) is 7.59. The van der Waals surface area contributed by atoms with E-state index in [4.69, 9.17) is 11.5 Å². The molecule has 1 aromatic carbocycles. The Bertz CT molecular complexity index is 548. The summed E-state index contributed by atoms with van der Waals surface area (Å²) in [4.78, 5) is 11.4. The number of anilines is 1. The molecule has 1 amide bonds. The molecule has 0 aliphatic carbocycles. The summed E-state index contributed by atoms with van der Waals surface area (Å²) in [6, 6.07) is 7.79. The van der Waals surface area contributed by atoms with Crippen LogP contribution in [-0.2, 0) is 0 Å². The van der Waals surface area contributed by atoms with Crippen molar-refractivity contribution in [3.63, 3.8) is 0 Å². The lowest BCUT2D eigenvalue weighted by atomic mass is 10.1. The smallest absolute Gasteiger partial charge is 0.262 e. The van der Waals surface area contributed by atoms with Crippen LogP contribution < -0.4 is 11.5 Å². The molecule has 0 saturated heterocycles. The maximum atomic E-state index is 11.0. The fraction of sp³-hybridized carbons (Fsp3) is 0.0909. The van der Waals surface area contributed by atoms with E-state index < -0.39 is 5.91 Å². The monoisotopic (exact) mass is 233 g/mol. The van der Waals surface area contributed by atoms with Crippen LogP contribution in [0.4, 0.5) is 5.69 Å². The van der Waals surface area contributed by atoms with Gasteiger partial charge < -0.3 is 11.5 Å². The molecular formula is C11H11N3OS. The average molecular weight is 233 g/mol. The first kappa shape index (κ1) is 10.6. The number of hydrogen-bond donors (Lipinski definition) is 2. The van der Waals surface area contributed by atoms with E-state index in [2.05, 4.69) is 4.37 Å². The largest absolute Gasteiger partial charge is 0.396 e. The van der Waals surface area contributed by atoms with Crippen LogP contribution in [0.3, 0.4) is 0 Å². The van der Waals surface area contributed by atoms with Crippen molar-refractivity contribution in [3.8, 4) is 11.3 Å². The van der Waals surface area contributed by atoms with E-state index >= 15 is 0 Å². The number of aryl methyl sites for hydroxylation is 1. The Morgan fingerprint density at radius 2 is 2.19 bits per heavy atom. The number of benzene rings is 1. The van der Waals surface area contributed by atoms with E-state index in [0.29, 0.717) is 16.3 Å². The van der Waals surface area contributed by atoms with Gasteiger partial charge in [0.25, 0.3) is 5.91 Å². The van der Waals surface area contributed by atoms with Crippen molar-refractivity contribution in [2.45, 2.75) is 6.92 Å². The molecule has 2 aromatic rings. The van der Waals surface area contributed by atoms with Gasteiger partial charge in [-0.25, -0.2) is 0 Å². The average Bonchev–Trinajstić information content (AvgIpc) is 2.60. The highest BCUT2D eigenvalue weighted by molar-refractivity contribution is 7.09. The minimum atomic E-state index is -0.533. The first-order valence-electron chi connectivity index (χ1n) is 4.71. The predicted molar refractivity (Wildman–Crippen MR) is 65.2 cm³/mol. The lowest BCUT2D eigenvalue weighted by Crippen LogP contribution is -2.10. The molecule has 2 rings (SSSR count). The molecule has 0 fully saturated rings. The van der Waals surface area contributed by atoms with Crippen LogP contribution in [-0.4, -0.2) is 10.3 Å². The van der Waals surface area contributed by atoms with Gasteiger partial charge in [0, 0.05) is 5.56 Å². The van der Waals surface area contributed by atoms with Gasteiger partial charge in [-0.05, 0) is 24.5 Å². The standard InChI is InChI=1S/C11H11N3OS/c1-6-3-2-4-7(5-6)9-8(12)10(11(13)15)16-14-9/h2-5H,12H2,1H3,(H2,13,15). The number of carbonyl (C=O) groups is 1. The van der Waals surface area contributed by atoms with E-state index in [1.54, 1.807) is 0 Å². The van der Waals surface area contributed by atoms with Crippen LogP contribution >= 0.6 is 11.5 Å². The maximum Gasteiger partial charge on any atom is 0.262 e. The second-order valence-corrected chi connectivity index (χ2v) is 4.28. The minimum Gasteiger partial charge on any atom is -0.396 e. The summed E-state index contributed by atoms with van der Waals surface area (Å²) in [7, 11) is 0. The molecule has 0 bridgehead atoms. The molecule has 82 valence electrons. The van der Waals surface area contributed by atoms with Gasteiger partial charge in [0.05, 0.1) is 5.69 Å². The highest BCUT2D eigenvalue weighted by Gasteiger charge is 2.15. The van der Waals surface area contributed by atoms with Crippen LogP contribution in [0.2, 0.25) is 0 Å². The molecule has 0 aliphatic rings. The summed E-state index contributed by atoms with van der Waals surface area (Å²) < 4.78 is 4.16. The fourth-order valence-corrected chi connectivity index (χ4v) is 2.15. The van der Waals surface area contributed by atoms with Crippen LogP contribution in [0.5, 0.6) is 0 Å². The van der Waals surface area contributed by atoms with Gasteiger partial charge in [0.2, 0.25) is 0 Å². The van der Waals surface area contributed by atoms with Gasteiger partial charge in [-0.1, -0.05) is 23.8 Å². The fourth-order valence-electron chi connectivity index (χ4n) is 1.48. The molecule has 0 radical (unpaired) electrons. The summed E-state index contributed by atoms with van der Waals surface area (Å²) in [5.41, 5.74) is 14.0. The second-order valence-electron chi connectivity index (χ2n) is 3.51. The van der Waals surface area contributed by atoms with Crippen molar-refractivity contribution >= 4 is 23.1 Å². The third kappa shape index (κ3) is 1.77. The van der Waals surface area contributed by atoms with Gasteiger partial charge in [-0.3, -0.25) is 4.79 Å². The van der Waals surface area contributed by atoms with Crippen LogP contribution in [0, 0.1) is 6.92 Å². The molecule has 0 aliphatic heterocycles. The normalized spacial score (nSPS) is 10.3. The highest BCUT2D eigenvalue weighted by atomic mass is 32.1.